The van der Waals surface area contributed by atoms with Gasteiger partial charge in [-0.25, -0.2) is 4.98 Å². The molecule has 1 N–H and O–H groups in total. The van der Waals surface area contributed by atoms with E-state index in [4.69, 9.17) is 4.74 Å². The van der Waals surface area contributed by atoms with Crippen LogP contribution in [0.25, 0.3) is 0 Å². The number of carbonyl (C=O) groups is 2. The minimum atomic E-state index is -0.162. The van der Waals surface area contributed by atoms with Gasteiger partial charge in [-0.05, 0) is 30.7 Å². The largest absolute Gasteiger partial charge is 0.378 e. The second-order valence-corrected chi connectivity index (χ2v) is 6.97. The zero-order valence-corrected chi connectivity index (χ0v) is 15.8. The van der Waals surface area contributed by atoms with Crippen LogP contribution >= 0.6 is 0 Å². The Morgan fingerprint density at radius 2 is 2.00 bits per heavy atom. The Hall–Kier alpha value is -2.93. The molecule has 28 heavy (non-hydrogen) atoms. The number of hydrogen-bond donors (Lipinski definition) is 1. The molecule has 2 amide bonds. The Morgan fingerprint density at radius 1 is 1.14 bits per heavy atom. The van der Waals surface area contributed by atoms with Gasteiger partial charge in [0.05, 0.1) is 13.2 Å². The lowest BCUT2D eigenvalue weighted by atomic mass is 10.1. The van der Waals surface area contributed by atoms with Crippen LogP contribution < -0.4 is 15.1 Å². The number of nitrogens with one attached hydrogen (secondary N) is 1. The van der Waals surface area contributed by atoms with Crippen molar-refractivity contribution in [2.45, 2.75) is 19.4 Å². The first-order chi connectivity index (χ1) is 13.7. The fraction of sp³-hybridized carbons (Fsp3) is 0.381. The summed E-state index contributed by atoms with van der Waals surface area (Å²) in [7, 11) is 0. The van der Waals surface area contributed by atoms with Gasteiger partial charge in [0.15, 0.2) is 0 Å². The van der Waals surface area contributed by atoms with Gasteiger partial charge in [0.25, 0.3) is 5.91 Å². The molecular weight excluding hydrogens is 356 g/mol. The van der Waals surface area contributed by atoms with Crippen LogP contribution in [0.2, 0.25) is 0 Å². The molecule has 0 unspecified atom stereocenters. The predicted molar refractivity (Wildman–Crippen MR) is 106 cm³/mol. The van der Waals surface area contributed by atoms with E-state index in [1.807, 2.05) is 24.3 Å². The first-order valence-electron chi connectivity index (χ1n) is 9.67. The molecule has 146 valence electrons. The van der Waals surface area contributed by atoms with Crippen LogP contribution in [0, 0.1) is 0 Å². The highest BCUT2D eigenvalue weighted by Crippen LogP contribution is 2.23. The summed E-state index contributed by atoms with van der Waals surface area (Å²) in [5.74, 6) is 0.843. The van der Waals surface area contributed by atoms with E-state index in [9.17, 15) is 9.59 Å². The number of ether oxygens (including phenoxy) is 1. The molecule has 7 nitrogen and oxygen atoms in total. The van der Waals surface area contributed by atoms with E-state index in [0.29, 0.717) is 38.3 Å². The van der Waals surface area contributed by atoms with Crippen molar-refractivity contribution in [1.82, 2.24) is 10.3 Å². The van der Waals surface area contributed by atoms with E-state index in [0.717, 1.165) is 36.6 Å². The highest BCUT2D eigenvalue weighted by molar-refractivity contribution is 5.99. The molecule has 0 saturated carbocycles. The van der Waals surface area contributed by atoms with Gasteiger partial charge < -0.3 is 19.9 Å². The molecule has 7 heteroatoms. The number of aromatic nitrogens is 1. The Balaban J connectivity index is 1.44. The zero-order chi connectivity index (χ0) is 19.3. The average molecular weight is 380 g/mol. The third-order valence-corrected chi connectivity index (χ3v) is 5.11. The quantitative estimate of drug-likeness (QED) is 0.859. The normalized spacial score (nSPS) is 17.1. The minimum Gasteiger partial charge on any atom is -0.378 e. The SMILES string of the molecule is O=C(NCc1cccnc1N1CCOCC1)c1cccc(N2CCCC2=O)c1. The number of hydrogen-bond acceptors (Lipinski definition) is 5. The third kappa shape index (κ3) is 3.99. The number of carbonyl (C=O) groups excluding carboxylic acids is 2. The number of anilines is 2. The van der Waals surface area contributed by atoms with Gasteiger partial charge in [0, 0.05) is 55.6 Å². The number of morpholine rings is 1. The first kappa shape index (κ1) is 18.4. The summed E-state index contributed by atoms with van der Waals surface area (Å²) < 4.78 is 5.41. The Morgan fingerprint density at radius 3 is 2.79 bits per heavy atom. The van der Waals surface area contributed by atoms with Crippen LogP contribution in [-0.2, 0) is 16.1 Å². The van der Waals surface area contributed by atoms with E-state index in [1.54, 1.807) is 23.2 Å². The lowest BCUT2D eigenvalue weighted by Gasteiger charge is -2.29. The van der Waals surface area contributed by atoms with E-state index in [2.05, 4.69) is 15.2 Å². The minimum absolute atomic E-state index is 0.114. The molecule has 0 spiro atoms. The maximum Gasteiger partial charge on any atom is 0.251 e. The monoisotopic (exact) mass is 380 g/mol. The molecule has 1 aromatic heterocycles. The van der Waals surface area contributed by atoms with E-state index >= 15 is 0 Å². The zero-order valence-electron chi connectivity index (χ0n) is 15.8. The van der Waals surface area contributed by atoms with Crippen molar-refractivity contribution in [3.8, 4) is 0 Å². The average Bonchev–Trinajstić information content (AvgIpc) is 3.19. The molecule has 1 aromatic carbocycles. The number of pyridine rings is 1. The van der Waals surface area contributed by atoms with Crippen molar-refractivity contribution in [3.05, 3.63) is 53.7 Å². The van der Waals surface area contributed by atoms with Crippen molar-refractivity contribution >= 4 is 23.3 Å². The van der Waals surface area contributed by atoms with Gasteiger partial charge in [0.2, 0.25) is 5.91 Å². The summed E-state index contributed by atoms with van der Waals surface area (Å²) >= 11 is 0. The summed E-state index contributed by atoms with van der Waals surface area (Å²) in [5.41, 5.74) is 2.31. The lowest BCUT2D eigenvalue weighted by molar-refractivity contribution is -0.117. The fourth-order valence-electron chi connectivity index (χ4n) is 3.64. The van der Waals surface area contributed by atoms with Crippen LogP contribution in [0.15, 0.2) is 42.6 Å². The lowest BCUT2D eigenvalue weighted by Crippen LogP contribution is -2.37. The van der Waals surface area contributed by atoms with E-state index < -0.39 is 0 Å². The van der Waals surface area contributed by atoms with Crippen molar-refractivity contribution < 1.29 is 14.3 Å². The van der Waals surface area contributed by atoms with Gasteiger partial charge in [-0.1, -0.05) is 12.1 Å². The number of benzene rings is 1. The smallest absolute Gasteiger partial charge is 0.251 e. The second kappa shape index (κ2) is 8.39. The Labute approximate surface area is 164 Å². The molecule has 0 bridgehead atoms. The van der Waals surface area contributed by atoms with Crippen LogP contribution in [-0.4, -0.2) is 49.6 Å². The van der Waals surface area contributed by atoms with Crippen molar-refractivity contribution in [2.75, 3.05) is 42.6 Å². The van der Waals surface area contributed by atoms with Crippen LogP contribution in [0.4, 0.5) is 11.5 Å². The Kier molecular flexibility index (Phi) is 5.53. The summed E-state index contributed by atoms with van der Waals surface area (Å²) in [4.78, 5) is 33.1. The standard InChI is InChI=1S/C21H24N4O3/c26-19-7-3-9-25(19)18-6-1-4-16(14-18)21(27)23-15-17-5-2-8-22-20(17)24-10-12-28-13-11-24/h1-2,4-6,8,14H,3,7,9-13,15H2,(H,23,27). The highest BCUT2D eigenvalue weighted by Gasteiger charge is 2.22. The van der Waals surface area contributed by atoms with Gasteiger partial charge in [-0.15, -0.1) is 0 Å². The molecule has 2 saturated heterocycles. The summed E-state index contributed by atoms with van der Waals surface area (Å²) in [5, 5.41) is 2.98. The van der Waals surface area contributed by atoms with Gasteiger partial charge >= 0.3 is 0 Å². The molecule has 4 rings (SSSR count). The van der Waals surface area contributed by atoms with Crippen molar-refractivity contribution in [2.24, 2.45) is 0 Å². The van der Waals surface area contributed by atoms with Crippen molar-refractivity contribution in [1.29, 1.82) is 0 Å². The topological polar surface area (TPSA) is 74.8 Å². The highest BCUT2D eigenvalue weighted by atomic mass is 16.5. The Bertz CT molecular complexity index is 864. The summed E-state index contributed by atoms with van der Waals surface area (Å²) in [6, 6.07) is 11.1. The van der Waals surface area contributed by atoms with Crippen LogP contribution in [0.3, 0.4) is 0 Å². The molecule has 2 aromatic rings. The summed E-state index contributed by atoms with van der Waals surface area (Å²) in [6.07, 6.45) is 3.20. The number of amides is 2. The first-order valence-corrected chi connectivity index (χ1v) is 9.67. The van der Waals surface area contributed by atoms with Gasteiger partial charge in [0.1, 0.15) is 5.82 Å². The van der Waals surface area contributed by atoms with Crippen LogP contribution in [0.1, 0.15) is 28.8 Å². The fourth-order valence-corrected chi connectivity index (χ4v) is 3.64. The van der Waals surface area contributed by atoms with E-state index in [1.165, 1.54) is 0 Å². The van der Waals surface area contributed by atoms with Gasteiger partial charge in [-0.2, -0.15) is 0 Å². The van der Waals surface area contributed by atoms with Crippen LogP contribution in [0.5, 0.6) is 0 Å². The molecule has 2 aliphatic heterocycles. The van der Waals surface area contributed by atoms with E-state index in [-0.39, 0.29) is 11.8 Å². The molecule has 3 heterocycles. The number of nitrogens with zero attached hydrogens (tertiary/aromatic N) is 3. The maximum absolute atomic E-state index is 12.7. The predicted octanol–water partition coefficient (Wildman–Crippen LogP) is 1.97. The molecule has 2 aliphatic rings. The van der Waals surface area contributed by atoms with Crippen molar-refractivity contribution in [3.63, 3.8) is 0 Å². The molecule has 0 atom stereocenters. The van der Waals surface area contributed by atoms with Gasteiger partial charge in [-0.3, -0.25) is 9.59 Å². The second-order valence-electron chi connectivity index (χ2n) is 6.97. The summed E-state index contributed by atoms with van der Waals surface area (Å²) in [6.45, 7) is 4.07. The molecule has 0 radical (unpaired) electrons. The third-order valence-electron chi connectivity index (χ3n) is 5.11. The molecular formula is C21H24N4O3. The molecule has 0 aliphatic carbocycles. The molecule has 2 fully saturated rings. The maximum atomic E-state index is 12.7. The number of rotatable bonds is 5.